The molecule has 0 saturated heterocycles. The number of carbonyl (C=O) groups excluding carboxylic acids is 2. The third kappa shape index (κ3) is 6.34. The van der Waals surface area contributed by atoms with Crippen molar-refractivity contribution in [2.24, 2.45) is 0 Å². The number of nitrogens with one attached hydrogen (secondary N) is 2. The number of alkyl carbamates (subject to hydrolysis) is 1. The van der Waals surface area contributed by atoms with Crippen molar-refractivity contribution >= 4 is 18.0 Å². The molecule has 0 spiro atoms. The van der Waals surface area contributed by atoms with E-state index in [-0.39, 0.29) is 31.3 Å². The molecule has 3 rings (SSSR count). The van der Waals surface area contributed by atoms with E-state index >= 15 is 0 Å². The van der Waals surface area contributed by atoms with Crippen LogP contribution in [0.1, 0.15) is 64.0 Å². The Kier molecular flexibility index (Phi) is 7.10. The number of carboxylic acid groups (broad SMARTS) is 1. The van der Waals surface area contributed by atoms with Gasteiger partial charge in [-0.05, 0) is 56.4 Å². The fraction of sp³-hybridized carbons (Fsp3) is 0.423. The first kappa shape index (κ1) is 24.3. The Hall–Kier alpha value is -3.35. The van der Waals surface area contributed by atoms with Gasteiger partial charge in [-0.15, -0.1) is 0 Å². The zero-order valence-corrected chi connectivity index (χ0v) is 19.6. The second-order valence-electron chi connectivity index (χ2n) is 9.84. The molecule has 0 heterocycles. The van der Waals surface area contributed by atoms with Crippen LogP contribution in [0.3, 0.4) is 0 Å². The zero-order valence-electron chi connectivity index (χ0n) is 19.6. The predicted octanol–water partition coefficient (Wildman–Crippen LogP) is 4.45. The van der Waals surface area contributed by atoms with Gasteiger partial charge in [0.1, 0.15) is 6.61 Å². The van der Waals surface area contributed by atoms with Gasteiger partial charge in [-0.2, -0.15) is 0 Å². The van der Waals surface area contributed by atoms with E-state index in [9.17, 15) is 14.4 Å². The third-order valence-corrected chi connectivity index (χ3v) is 5.83. The molecule has 0 atom stereocenters. The van der Waals surface area contributed by atoms with Crippen LogP contribution in [0.2, 0.25) is 0 Å². The highest BCUT2D eigenvalue weighted by molar-refractivity contribution is 5.80. The number of aliphatic carboxylic acids is 1. The summed E-state index contributed by atoms with van der Waals surface area (Å²) < 4.78 is 5.58. The van der Waals surface area contributed by atoms with Crippen molar-refractivity contribution in [1.82, 2.24) is 10.6 Å². The lowest BCUT2D eigenvalue weighted by atomic mass is 9.95. The largest absolute Gasteiger partial charge is 0.481 e. The van der Waals surface area contributed by atoms with E-state index in [0.29, 0.717) is 6.42 Å². The molecule has 2 aromatic rings. The molecule has 2 amide bonds. The molecule has 0 unspecified atom stereocenters. The van der Waals surface area contributed by atoms with Gasteiger partial charge in [0.15, 0.2) is 0 Å². The maximum Gasteiger partial charge on any atom is 0.407 e. The lowest BCUT2D eigenvalue weighted by Crippen LogP contribution is -2.50. The molecule has 7 nitrogen and oxygen atoms in total. The summed E-state index contributed by atoms with van der Waals surface area (Å²) in [6.45, 7) is 7.25. The van der Waals surface area contributed by atoms with Crippen molar-refractivity contribution in [2.45, 2.75) is 64.0 Å². The van der Waals surface area contributed by atoms with E-state index in [1.54, 1.807) is 27.7 Å². The van der Waals surface area contributed by atoms with Crippen LogP contribution in [0.15, 0.2) is 48.5 Å². The minimum atomic E-state index is -0.908. The van der Waals surface area contributed by atoms with Gasteiger partial charge in [-0.25, -0.2) is 4.79 Å². The molecule has 3 N–H and O–H groups in total. The Morgan fingerprint density at radius 3 is 1.97 bits per heavy atom. The quantitative estimate of drug-likeness (QED) is 0.521. The lowest BCUT2D eigenvalue weighted by Gasteiger charge is -2.30. The average molecular weight is 453 g/mol. The minimum Gasteiger partial charge on any atom is -0.481 e. The molecule has 0 fully saturated rings. The first-order chi connectivity index (χ1) is 15.5. The number of carbonyl (C=O) groups is 3. The molecule has 0 bridgehead atoms. The topological polar surface area (TPSA) is 105 Å². The highest BCUT2D eigenvalue weighted by atomic mass is 16.5. The standard InChI is InChI=1S/C26H32N2O5/c1-25(2,14-13-23(30)31)27-22(29)15-26(3,4)28-24(32)33-16-21-19-11-7-5-9-17(19)18-10-6-8-12-20(18)21/h5-12,21H,13-16H2,1-4H3,(H,27,29)(H,28,32)(H,30,31). The number of hydrogen-bond donors (Lipinski definition) is 3. The van der Waals surface area contributed by atoms with Gasteiger partial charge in [0.25, 0.3) is 0 Å². The molecule has 0 aromatic heterocycles. The highest BCUT2D eigenvalue weighted by Gasteiger charge is 2.31. The van der Waals surface area contributed by atoms with Crippen LogP contribution in [0.4, 0.5) is 4.79 Å². The summed E-state index contributed by atoms with van der Waals surface area (Å²) in [7, 11) is 0. The van der Waals surface area contributed by atoms with E-state index in [1.807, 2.05) is 24.3 Å². The van der Waals surface area contributed by atoms with Crippen LogP contribution in [0, 0.1) is 0 Å². The molecule has 0 radical (unpaired) electrons. The molecular formula is C26H32N2O5. The van der Waals surface area contributed by atoms with Crippen LogP contribution in [-0.2, 0) is 14.3 Å². The molecule has 0 saturated carbocycles. The normalized spacial score (nSPS) is 13.1. The number of amides is 2. The van der Waals surface area contributed by atoms with E-state index in [1.165, 1.54) is 0 Å². The second kappa shape index (κ2) is 9.65. The van der Waals surface area contributed by atoms with E-state index in [2.05, 4.69) is 34.9 Å². The molecule has 1 aliphatic rings. The third-order valence-electron chi connectivity index (χ3n) is 5.83. The molecular weight excluding hydrogens is 420 g/mol. The summed E-state index contributed by atoms with van der Waals surface area (Å²) in [4.78, 5) is 35.8. The summed E-state index contributed by atoms with van der Waals surface area (Å²) in [6, 6.07) is 16.2. The maximum atomic E-state index is 12.6. The number of benzene rings is 2. The van der Waals surface area contributed by atoms with E-state index < -0.39 is 23.1 Å². The van der Waals surface area contributed by atoms with E-state index in [4.69, 9.17) is 9.84 Å². The number of rotatable bonds is 9. The van der Waals surface area contributed by atoms with Crippen molar-refractivity contribution in [3.63, 3.8) is 0 Å². The van der Waals surface area contributed by atoms with Gasteiger partial charge in [0.2, 0.25) is 5.91 Å². The Bertz CT molecular complexity index is 999. The Morgan fingerprint density at radius 2 is 1.42 bits per heavy atom. The van der Waals surface area contributed by atoms with Gasteiger partial charge in [0.05, 0.1) is 0 Å². The Labute approximate surface area is 194 Å². The molecule has 2 aromatic carbocycles. The monoisotopic (exact) mass is 452 g/mol. The molecule has 7 heteroatoms. The van der Waals surface area contributed by atoms with Crippen molar-refractivity contribution in [3.05, 3.63) is 59.7 Å². The van der Waals surface area contributed by atoms with Gasteiger partial charge in [-0.3, -0.25) is 9.59 Å². The number of fused-ring (bicyclic) bond motifs is 3. The number of hydrogen-bond acceptors (Lipinski definition) is 4. The SMILES string of the molecule is CC(C)(CCC(=O)O)NC(=O)CC(C)(C)NC(=O)OCC1c2ccccc2-c2ccccc21. The number of ether oxygens (including phenoxy) is 1. The predicted molar refractivity (Wildman–Crippen MR) is 126 cm³/mol. The summed E-state index contributed by atoms with van der Waals surface area (Å²) >= 11 is 0. The fourth-order valence-electron chi connectivity index (χ4n) is 4.26. The van der Waals surface area contributed by atoms with Crippen molar-refractivity contribution in [3.8, 4) is 11.1 Å². The molecule has 1 aliphatic carbocycles. The van der Waals surface area contributed by atoms with Crippen LogP contribution < -0.4 is 10.6 Å². The molecule has 33 heavy (non-hydrogen) atoms. The minimum absolute atomic E-state index is 0.0331. The van der Waals surface area contributed by atoms with Crippen LogP contribution in [-0.4, -0.2) is 40.8 Å². The van der Waals surface area contributed by atoms with Crippen molar-refractivity contribution < 1.29 is 24.2 Å². The lowest BCUT2D eigenvalue weighted by molar-refractivity contribution is -0.138. The van der Waals surface area contributed by atoms with Crippen LogP contribution >= 0.6 is 0 Å². The zero-order chi connectivity index (χ0) is 24.2. The highest BCUT2D eigenvalue weighted by Crippen LogP contribution is 2.44. The van der Waals surface area contributed by atoms with Crippen molar-refractivity contribution in [2.75, 3.05) is 6.61 Å². The summed E-state index contributed by atoms with van der Waals surface area (Å²) in [5.74, 6) is -1.21. The summed E-state index contributed by atoms with van der Waals surface area (Å²) in [6.07, 6.45) is -0.267. The molecule has 176 valence electrons. The van der Waals surface area contributed by atoms with Crippen molar-refractivity contribution in [1.29, 1.82) is 0 Å². The van der Waals surface area contributed by atoms with E-state index in [0.717, 1.165) is 22.3 Å². The van der Waals surface area contributed by atoms with Crippen LogP contribution in [0.5, 0.6) is 0 Å². The Morgan fingerprint density at radius 1 is 0.879 bits per heavy atom. The van der Waals surface area contributed by atoms with Gasteiger partial charge >= 0.3 is 12.1 Å². The summed E-state index contributed by atoms with van der Waals surface area (Å²) in [5, 5.41) is 14.5. The Balaban J connectivity index is 1.55. The smallest absolute Gasteiger partial charge is 0.407 e. The van der Waals surface area contributed by atoms with Gasteiger partial charge in [0, 0.05) is 29.8 Å². The second-order valence-corrected chi connectivity index (χ2v) is 9.84. The number of carboxylic acids is 1. The maximum absolute atomic E-state index is 12.6. The fourth-order valence-corrected chi connectivity index (χ4v) is 4.26. The molecule has 0 aliphatic heterocycles. The first-order valence-electron chi connectivity index (χ1n) is 11.1. The van der Waals surface area contributed by atoms with Gasteiger partial charge < -0.3 is 20.5 Å². The van der Waals surface area contributed by atoms with Gasteiger partial charge in [-0.1, -0.05) is 48.5 Å². The summed E-state index contributed by atoms with van der Waals surface area (Å²) in [5.41, 5.74) is 3.09. The first-order valence-corrected chi connectivity index (χ1v) is 11.1. The van der Waals surface area contributed by atoms with Crippen LogP contribution in [0.25, 0.3) is 11.1 Å². The average Bonchev–Trinajstić information content (AvgIpc) is 3.03.